The summed E-state index contributed by atoms with van der Waals surface area (Å²) in [6.07, 6.45) is 2.31. The number of nitriles is 1. The molecule has 0 bridgehead atoms. The Balaban J connectivity index is 2.31. The highest BCUT2D eigenvalue weighted by molar-refractivity contribution is 7.09. The van der Waals surface area contributed by atoms with Crippen LogP contribution in [0.1, 0.15) is 36.4 Å². The second-order valence-corrected chi connectivity index (χ2v) is 4.88. The summed E-state index contributed by atoms with van der Waals surface area (Å²) in [6.45, 7) is 1.93. The van der Waals surface area contributed by atoms with Crippen LogP contribution >= 0.6 is 11.3 Å². The molecule has 4 heteroatoms. The minimum Gasteiger partial charge on any atom is -0.300 e. The Kier molecular flexibility index (Phi) is 2.57. The van der Waals surface area contributed by atoms with E-state index < -0.39 is 5.41 Å². The molecule has 0 aromatic carbocycles. The molecule has 0 spiro atoms. The maximum absolute atomic E-state index is 11.2. The van der Waals surface area contributed by atoms with Gasteiger partial charge in [-0.25, -0.2) is 4.98 Å². The summed E-state index contributed by atoms with van der Waals surface area (Å²) in [4.78, 5) is 15.6. The predicted molar refractivity (Wildman–Crippen MR) is 57.6 cm³/mol. The summed E-state index contributed by atoms with van der Waals surface area (Å²) >= 11 is 1.54. The Labute approximate surface area is 92.8 Å². The standard InChI is InChI=1S/C11H12N2OS/c1-8-6-15-10(13-8)11(7-12)4-2-9(14)3-5-11/h6H,2-5H2,1H3. The molecule has 2 rings (SSSR count). The van der Waals surface area contributed by atoms with Crippen LogP contribution in [0.15, 0.2) is 5.38 Å². The minimum absolute atomic E-state index is 0.272. The number of aromatic nitrogens is 1. The lowest BCUT2D eigenvalue weighted by atomic mass is 9.75. The lowest BCUT2D eigenvalue weighted by Gasteiger charge is -2.27. The molecule has 0 N–H and O–H groups in total. The van der Waals surface area contributed by atoms with Crippen LogP contribution in [0.2, 0.25) is 0 Å². The van der Waals surface area contributed by atoms with Gasteiger partial charge in [0.1, 0.15) is 16.2 Å². The Morgan fingerprint density at radius 1 is 1.53 bits per heavy atom. The van der Waals surface area contributed by atoms with Gasteiger partial charge in [0.15, 0.2) is 0 Å². The zero-order valence-corrected chi connectivity index (χ0v) is 9.43. The van der Waals surface area contributed by atoms with Gasteiger partial charge < -0.3 is 0 Å². The third kappa shape index (κ3) is 1.80. The Morgan fingerprint density at radius 2 is 2.20 bits per heavy atom. The van der Waals surface area contributed by atoms with Crippen LogP contribution in [-0.2, 0) is 10.2 Å². The van der Waals surface area contributed by atoms with Gasteiger partial charge in [0, 0.05) is 23.9 Å². The zero-order chi connectivity index (χ0) is 10.9. The van der Waals surface area contributed by atoms with Crippen LogP contribution < -0.4 is 0 Å². The maximum Gasteiger partial charge on any atom is 0.133 e. The Bertz CT molecular complexity index is 420. The fourth-order valence-electron chi connectivity index (χ4n) is 1.90. The molecule has 1 saturated carbocycles. The van der Waals surface area contributed by atoms with Gasteiger partial charge in [-0.05, 0) is 19.8 Å². The van der Waals surface area contributed by atoms with E-state index in [1.165, 1.54) is 11.3 Å². The topological polar surface area (TPSA) is 53.8 Å². The highest BCUT2D eigenvalue weighted by atomic mass is 32.1. The molecule has 3 nitrogen and oxygen atoms in total. The quantitative estimate of drug-likeness (QED) is 0.730. The Hall–Kier alpha value is -1.21. The van der Waals surface area contributed by atoms with Crippen LogP contribution in [0.4, 0.5) is 0 Å². The number of ketones is 1. The van der Waals surface area contributed by atoms with Crippen LogP contribution in [-0.4, -0.2) is 10.8 Å². The van der Waals surface area contributed by atoms with Crippen molar-refractivity contribution in [3.63, 3.8) is 0 Å². The van der Waals surface area contributed by atoms with Gasteiger partial charge in [0.2, 0.25) is 0 Å². The first-order chi connectivity index (χ1) is 7.16. The van der Waals surface area contributed by atoms with Crippen LogP contribution in [0.3, 0.4) is 0 Å². The number of hydrogen-bond acceptors (Lipinski definition) is 4. The molecule has 1 aromatic heterocycles. The molecule has 1 fully saturated rings. The smallest absolute Gasteiger partial charge is 0.133 e. The number of thiazole rings is 1. The van der Waals surface area contributed by atoms with E-state index in [0.29, 0.717) is 25.7 Å². The van der Waals surface area contributed by atoms with Crippen molar-refractivity contribution in [1.29, 1.82) is 5.26 Å². The third-order valence-corrected chi connectivity index (χ3v) is 4.07. The molecule has 0 atom stereocenters. The molecule has 0 aliphatic heterocycles. The molecule has 0 unspecified atom stereocenters. The van der Waals surface area contributed by atoms with Gasteiger partial charge in [-0.3, -0.25) is 4.79 Å². The van der Waals surface area contributed by atoms with Crippen LogP contribution in [0.25, 0.3) is 0 Å². The van der Waals surface area contributed by atoms with E-state index in [1.807, 2.05) is 12.3 Å². The highest BCUT2D eigenvalue weighted by Crippen LogP contribution is 2.39. The number of carbonyl (C=O) groups excluding carboxylic acids is 1. The number of hydrogen-bond donors (Lipinski definition) is 0. The average Bonchev–Trinajstić information content (AvgIpc) is 2.67. The lowest BCUT2D eigenvalue weighted by Crippen LogP contribution is -2.30. The van der Waals surface area contributed by atoms with Crippen molar-refractivity contribution in [2.24, 2.45) is 0 Å². The predicted octanol–water partition coefficient (Wildman–Crippen LogP) is 2.36. The van der Waals surface area contributed by atoms with E-state index in [-0.39, 0.29) is 5.78 Å². The summed E-state index contributed by atoms with van der Waals surface area (Å²) in [6, 6.07) is 2.36. The second-order valence-electron chi connectivity index (χ2n) is 4.03. The van der Waals surface area contributed by atoms with Gasteiger partial charge in [-0.2, -0.15) is 5.26 Å². The molecule has 1 aliphatic rings. The van der Waals surface area contributed by atoms with E-state index in [1.54, 1.807) is 0 Å². The van der Waals surface area contributed by atoms with E-state index in [9.17, 15) is 10.1 Å². The third-order valence-electron chi connectivity index (χ3n) is 2.90. The van der Waals surface area contributed by atoms with Gasteiger partial charge in [-0.1, -0.05) is 0 Å². The Morgan fingerprint density at radius 3 is 2.67 bits per heavy atom. The SMILES string of the molecule is Cc1csc(C2(C#N)CCC(=O)CC2)n1. The van der Waals surface area contributed by atoms with Crippen molar-refractivity contribution >= 4 is 17.1 Å². The summed E-state index contributed by atoms with van der Waals surface area (Å²) in [7, 11) is 0. The highest BCUT2D eigenvalue weighted by Gasteiger charge is 2.38. The summed E-state index contributed by atoms with van der Waals surface area (Å²) in [5.41, 5.74) is 0.467. The van der Waals surface area contributed by atoms with Crippen molar-refractivity contribution < 1.29 is 4.79 Å². The maximum atomic E-state index is 11.2. The van der Waals surface area contributed by atoms with Crippen LogP contribution in [0, 0.1) is 18.3 Å². The summed E-state index contributed by atoms with van der Waals surface area (Å²) in [5.74, 6) is 0.272. The molecule has 15 heavy (non-hydrogen) atoms. The monoisotopic (exact) mass is 220 g/mol. The largest absolute Gasteiger partial charge is 0.300 e. The van der Waals surface area contributed by atoms with Crippen LogP contribution in [0.5, 0.6) is 0 Å². The van der Waals surface area contributed by atoms with Crippen molar-refractivity contribution in [2.75, 3.05) is 0 Å². The first kappa shape index (κ1) is 10.3. The molecular formula is C11H12N2OS. The molecule has 1 aliphatic carbocycles. The molecule has 0 amide bonds. The van der Waals surface area contributed by atoms with E-state index in [0.717, 1.165) is 10.7 Å². The average molecular weight is 220 g/mol. The second kappa shape index (κ2) is 3.74. The van der Waals surface area contributed by atoms with E-state index >= 15 is 0 Å². The zero-order valence-electron chi connectivity index (χ0n) is 8.62. The fourth-order valence-corrected chi connectivity index (χ4v) is 2.91. The van der Waals surface area contributed by atoms with Crippen molar-refractivity contribution in [3.05, 3.63) is 16.1 Å². The normalized spacial score (nSPS) is 19.9. The van der Waals surface area contributed by atoms with Crippen molar-refractivity contribution in [2.45, 2.75) is 38.0 Å². The summed E-state index contributed by atoms with van der Waals surface area (Å²) in [5, 5.41) is 12.1. The van der Waals surface area contributed by atoms with Gasteiger partial charge in [0.05, 0.1) is 6.07 Å². The number of Topliss-reactive ketones (excluding diaryl/α,β-unsaturated/α-hetero) is 1. The van der Waals surface area contributed by atoms with Gasteiger partial charge in [-0.15, -0.1) is 11.3 Å². The van der Waals surface area contributed by atoms with E-state index in [4.69, 9.17) is 0 Å². The molecular weight excluding hydrogens is 208 g/mol. The van der Waals surface area contributed by atoms with E-state index in [2.05, 4.69) is 11.1 Å². The molecule has 0 saturated heterocycles. The minimum atomic E-state index is -0.493. The number of nitrogens with zero attached hydrogens (tertiary/aromatic N) is 2. The molecule has 0 radical (unpaired) electrons. The van der Waals surface area contributed by atoms with Gasteiger partial charge >= 0.3 is 0 Å². The number of rotatable bonds is 1. The molecule has 1 heterocycles. The van der Waals surface area contributed by atoms with Gasteiger partial charge in [0.25, 0.3) is 0 Å². The fraction of sp³-hybridized carbons (Fsp3) is 0.545. The molecule has 78 valence electrons. The number of carbonyl (C=O) groups is 1. The molecule has 1 aromatic rings. The first-order valence-electron chi connectivity index (χ1n) is 5.02. The lowest BCUT2D eigenvalue weighted by molar-refractivity contribution is -0.120. The van der Waals surface area contributed by atoms with Crippen molar-refractivity contribution in [1.82, 2.24) is 4.98 Å². The summed E-state index contributed by atoms with van der Waals surface area (Å²) < 4.78 is 0. The number of aryl methyl sites for hydroxylation is 1. The van der Waals surface area contributed by atoms with Crippen molar-refractivity contribution in [3.8, 4) is 6.07 Å². The first-order valence-corrected chi connectivity index (χ1v) is 5.90.